The molecular formula is C20H15ClFN3O2S3. The summed E-state index contributed by atoms with van der Waals surface area (Å²) in [5.41, 5.74) is 0.559. The van der Waals surface area contributed by atoms with E-state index in [4.69, 9.17) is 11.6 Å². The Kier molecular flexibility index (Phi) is 6.52. The van der Waals surface area contributed by atoms with Crippen LogP contribution < -0.4 is 10.9 Å². The Labute approximate surface area is 188 Å². The molecule has 0 aliphatic heterocycles. The van der Waals surface area contributed by atoms with Gasteiger partial charge in [-0.25, -0.2) is 9.37 Å². The second-order valence-corrected chi connectivity index (χ2v) is 9.60. The van der Waals surface area contributed by atoms with Gasteiger partial charge in [0.15, 0.2) is 5.16 Å². The summed E-state index contributed by atoms with van der Waals surface area (Å²) in [6.45, 7) is 0.468. The summed E-state index contributed by atoms with van der Waals surface area (Å²) in [4.78, 5) is 31.0. The first-order valence-corrected chi connectivity index (χ1v) is 12.0. The van der Waals surface area contributed by atoms with Gasteiger partial charge in [-0.1, -0.05) is 29.4 Å². The third kappa shape index (κ3) is 4.75. The smallest absolute Gasteiger partial charge is 0.272 e. The fourth-order valence-electron chi connectivity index (χ4n) is 2.81. The van der Waals surface area contributed by atoms with E-state index in [1.807, 2.05) is 22.9 Å². The van der Waals surface area contributed by atoms with Crippen LogP contribution in [0.4, 0.5) is 10.1 Å². The van der Waals surface area contributed by atoms with Crippen LogP contribution in [-0.2, 0) is 17.8 Å². The van der Waals surface area contributed by atoms with E-state index in [9.17, 15) is 14.0 Å². The van der Waals surface area contributed by atoms with Crippen LogP contribution in [-0.4, -0.2) is 21.2 Å². The van der Waals surface area contributed by atoms with Crippen molar-refractivity contribution in [2.45, 2.75) is 18.1 Å². The summed E-state index contributed by atoms with van der Waals surface area (Å²) < 4.78 is 16.1. The first-order valence-electron chi connectivity index (χ1n) is 8.89. The number of hydrogen-bond acceptors (Lipinski definition) is 6. The van der Waals surface area contributed by atoms with Crippen LogP contribution in [0.25, 0.3) is 10.2 Å². The van der Waals surface area contributed by atoms with E-state index < -0.39 is 11.7 Å². The lowest BCUT2D eigenvalue weighted by Crippen LogP contribution is -2.24. The molecule has 1 N–H and O–H groups in total. The van der Waals surface area contributed by atoms with E-state index in [1.165, 1.54) is 28.3 Å². The number of rotatable bonds is 7. The Bertz CT molecular complexity index is 1250. The van der Waals surface area contributed by atoms with Gasteiger partial charge in [0, 0.05) is 16.4 Å². The Morgan fingerprint density at radius 2 is 2.10 bits per heavy atom. The summed E-state index contributed by atoms with van der Waals surface area (Å²) in [6, 6.07) is 9.83. The lowest BCUT2D eigenvalue weighted by Gasteiger charge is -2.12. The molecule has 0 aliphatic carbocycles. The van der Waals surface area contributed by atoms with Crippen molar-refractivity contribution in [2.75, 3.05) is 11.1 Å². The maximum atomic E-state index is 13.9. The minimum atomic E-state index is -0.605. The van der Waals surface area contributed by atoms with Crippen molar-refractivity contribution >= 4 is 67.8 Å². The molecule has 5 nitrogen and oxygen atoms in total. The Morgan fingerprint density at radius 1 is 1.23 bits per heavy atom. The molecule has 0 saturated carbocycles. The average molecular weight is 480 g/mol. The van der Waals surface area contributed by atoms with Crippen LogP contribution in [0.15, 0.2) is 57.1 Å². The normalized spacial score (nSPS) is 11.1. The molecule has 0 saturated heterocycles. The minimum Gasteiger partial charge on any atom is -0.323 e. The number of benzene rings is 1. The van der Waals surface area contributed by atoms with Crippen LogP contribution in [0.3, 0.4) is 0 Å². The Morgan fingerprint density at radius 3 is 2.87 bits per heavy atom. The molecule has 0 bridgehead atoms. The predicted molar refractivity (Wildman–Crippen MR) is 123 cm³/mol. The number of hydrogen-bond donors (Lipinski definition) is 1. The topological polar surface area (TPSA) is 64.0 Å². The third-order valence-corrected chi connectivity index (χ3v) is 7.27. The maximum Gasteiger partial charge on any atom is 0.272 e. The van der Waals surface area contributed by atoms with Crippen LogP contribution in [0.2, 0.25) is 5.02 Å². The molecule has 1 amide bonds. The van der Waals surface area contributed by atoms with Crippen molar-refractivity contribution in [3.8, 4) is 0 Å². The number of anilines is 1. The number of carbonyl (C=O) groups is 1. The van der Waals surface area contributed by atoms with Gasteiger partial charge in [-0.2, -0.15) is 0 Å². The first kappa shape index (κ1) is 21.0. The number of thioether (sulfide) groups is 1. The second-order valence-electron chi connectivity index (χ2n) is 6.28. The SMILES string of the molecule is O=C(CSc1nc2ccsc2c(=O)n1CCc1cccs1)Nc1ccc(Cl)cc1F. The number of carbonyl (C=O) groups excluding carboxylic acids is 1. The van der Waals surface area contributed by atoms with E-state index in [0.29, 0.717) is 28.3 Å². The molecule has 3 aromatic heterocycles. The first-order chi connectivity index (χ1) is 14.5. The number of nitrogens with one attached hydrogen (secondary N) is 1. The van der Waals surface area contributed by atoms with E-state index in [1.54, 1.807) is 22.0 Å². The molecule has 0 unspecified atom stereocenters. The van der Waals surface area contributed by atoms with Gasteiger partial charge in [-0.05, 0) is 47.5 Å². The highest BCUT2D eigenvalue weighted by molar-refractivity contribution is 7.99. The molecule has 3 heterocycles. The Hall–Kier alpha value is -2.20. The van der Waals surface area contributed by atoms with Gasteiger partial charge >= 0.3 is 0 Å². The highest BCUT2D eigenvalue weighted by Crippen LogP contribution is 2.23. The van der Waals surface area contributed by atoms with Gasteiger partial charge in [0.05, 0.1) is 17.0 Å². The number of aromatic nitrogens is 2. The summed E-state index contributed by atoms with van der Waals surface area (Å²) in [6.07, 6.45) is 0.700. The van der Waals surface area contributed by atoms with Crippen molar-refractivity contribution in [2.24, 2.45) is 0 Å². The van der Waals surface area contributed by atoms with Gasteiger partial charge in [-0.3, -0.25) is 14.2 Å². The summed E-state index contributed by atoms with van der Waals surface area (Å²) in [5, 5.41) is 7.06. The molecule has 1 aromatic carbocycles. The molecule has 0 fully saturated rings. The molecule has 0 spiro atoms. The van der Waals surface area contributed by atoms with Crippen LogP contribution in [0, 0.1) is 5.82 Å². The number of nitrogens with zero attached hydrogens (tertiary/aromatic N) is 2. The minimum absolute atomic E-state index is 0.0108. The zero-order valence-corrected chi connectivity index (χ0v) is 18.6. The van der Waals surface area contributed by atoms with Gasteiger partial charge in [0.1, 0.15) is 10.5 Å². The zero-order chi connectivity index (χ0) is 21.1. The lowest BCUT2D eigenvalue weighted by atomic mass is 10.3. The van der Waals surface area contributed by atoms with Crippen molar-refractivity contribution in [1.82, 2.24) is 9.55 Å². The van der Waals surface area contributed by atoms with E-state index in [-0.39, 0.29) is 22.0 Å². The maximum absolute atomic E-state index is 13.9. The number of aryl methyl sites for hydroxylation is 1. The Balaban J connectivity index is 1.52. The quantitative estimate of drug-likeness (QED) is 0.289. The molecule has 0 atom stereocenters. The number of amides is 1. The highest BCUT2D eigenvalue weighted by Gasteiger charge is 2.15. The molecule has 154 valence electrons. The molecule has 30 heavy (non-hydrogen) atoms. The zero-order valence-electron chi connectivity index (χ0n) is 15.4. The molecule has 0 radical (unpaired) electrons. The van der Waals surface area contributed by atoms with Crippen LogP contribution in [0.1, 0.15) is 4.88 Å². The molecule has 4 rings (SSSR count). The van der Waals surface area contributed by atoms with Crippen LogP contribution in [0.5, 0.6) is 0 Å². The van der Waals surface area contributed by atoms with E-state index in [0.717, 1.165) is 17.8 Å². The van der Waals surface area contributed by atoms with Crippen LogP contribution >= 0.6 is 46.0 Å². The largest absolute Gasteiger partial charge is 0.323 e. The molecule has 4 aromatic rings. The van der Waals surface area contributed by atoms with Gasteiger partial charge in [-0.15, -0.1) is 22.7 Å². The number of halogens is 2. The fraction of sp³-hybridized carbons (Fsp3) is 0.150. The van der Waals surface area contributed by atoms with Gasteiger partial charge in [0.2, 0.25) is 5.91 Å². The number of thiophene rings is 2. The van der Waals surface area contributed by atoms with Crippen molar-refractivity contribution < 1.29 is 9.18 Å². The highest BCUT2D eigenvalue weighted by atomic mass is 35.5. The molecule has 0 aliphatic rings. The van der Waals surface area contributed by atoms with Crippen molar-refractivity contribution in [3.05, 3.63) is 73.2 Å². The fourth-order valence-corrected chi connectivity index (χ4v) is 5.28. The van der Waals surface area contributed by atoms with E-state index in [2.05, 4.69) is 10.3 Å². The third-order valence-electron chi connectivity index (χ3n) is 4.23. The summed E-state index contributed by atoms with van der Waals surface area (Å²) >= 11 is 9.88. The van der Waals surface area contributed by atoms with Crippen molar-refractivity contribution in [1.29, 1.82) is 0 Å². The standard InChI is InChI=1S/C20H15ClFN3O2S3/c21-12-3-4-15(14(22)10-12)23-17(26)11-30-20-24-16-6-9-29-18(16)19(27)25(20)7-5-13-2-1-8-28-13/h1-4,6,8-10H,5,7,11H2,(H,23,26). The second kappa shape index (κ2) is 9.30. The molecular weight excluding hydrogens is 465 g/mol. The van der Waals surface area contributed by atoms with Gasteiger partial charge < -0.3 is 5.32 Å². The predicted octanol–water partition coefficient (Wildman–Crippen LogP) is 5.29. The molecule has 10 heteroatoms. The number of fused-ring (bicyclic) bond motifs is 1. The van der Waals surface area contributed by atoms with Crippen molar-refractivity contribution in [3.63, 3.8) is 0 Å². The van der Waals surface area contributed by atoms with E-state index >= 15 is 0 Å². The average Bonchev–Trinajstić information content (AvgIpc) is 3.40. The lowest BCUT2D eigenvalue weighted by molar-refractivity contribution is -0.113. The summed E-state index contributed by atoms with van der Waals surface area (Å²) in [7, 11) is 0. The van der Waals surface area contributed by atoms with Gasteiger partial charge in [0.25, 0.3) is 5.56 Å². The summed E-state index contributed by atoms with van der Waals surface area (Å²) in [5.74, 6) is -1.01. The monoisotopic (exact) mass is 479 g/mol.